The van der Waals surface area contributed by atoms with Crippen LogP contribution in [0.25, 0.3) is 10.8 Å². The van der Waals surface area contributed by atoms with E-state index in [9.17, 15) is 13.2 Å². The second-order valence-electron chi connectivity index (χ2n) is 9.78. The van der Waals surface area contributed by atoms with Crippen molar-refractivity contribution in [2.45, 2.75) is 43.3 Å². The van der Waals surface area contributed by atoms with Crippen molar-refractivity contribution in [3.8, 4) is 11.8 Å². The molecule has 0 spiro atoms. The lowest BCUT2D eigenvalue weighted by atomic mass is 9.86. The van der Waals surface area contributed by atoms with Crippen molar-refractivity contribution in [1.82, 2.24) is 9.97 Å². The SMILES string of the molecule is CC(C)S(=O)(=O)c1ccc(Nc2cc3c(C#Cc4ccc5c(c4)NC(=O)C5(C)C)nccc3cn2)cc1. The first kappa shape index (κ1) is 24.5. The van der Waals surface area contributed by atoms with Crippen LogP contribution < -0.4 is 10.6 Å². The van der Waals surface area contributed by atoms with Crippen LogP contribution in [0.4, 0.5) is 17.2 Å². The summed E-state index contributed by atoms with van der Waals surface area (Å²) in [5.74, 6) is 6.89. The van der Waals surface area contributed by atoms with Crippen LogP contribution in [0.3, 0.4) is 0 Å². The van der Waals surface area contributed by atoms with Crippen molar-refractivity contribution >= 4 is 43.7 Å². The number of pyridine rings is 2. The first-order valence-corrected chi connectivity index (χ1v) is 13.4. The summed E-state index contributed by atoms with van der Waals surface area (Å²) in [6, 6.07) is 16.1. The molecule has 7 nitrogen and oxygen atoms in total. The Bertz CT molecular complexity index is 1710. The van der Waals surface area contributed by atoms with Crippen molar-refractivity contribution in [1.29, 1.82) is 0 Å². The monoisotopic (exact) mass is 510 g/mol. The van der Waals surface area contributed by atoms with Gasteiger partial charge in [-0.15, -0.1) is 0 Å². The number of rotatable bonds is 4. The number of hydrogen-bond acceptors (Lipinski definition) is 6. The maximum atomic E-state index is 12.4. The normalized spacial score (nSPS) is 14.1. The molecule has 8 heteroatoms. The Morgan fingerprint density at radius 2 is 1.73 bits per heavy atom. The maximum Gasteiger partial charge on any atom is 0.234 e. The van der Waals surface area contributed by atoms with Crippen molar-refractivity contribution in [2.75, 3.05) is 10.6 Å². The second kappa shape index (κ2) is 9.02. The van der Waals surface area contributed by atoms with Gasteiger partial charge in [-0.25, -0.2) is 18.4 Å². The minimum atomic E-state index is -3.33. The van der Waals surface area contributed by atoms with Gasteiger partial charge in [0, 0.05) is 40.1 Å². The highest BCUT2D eigenvalue weighted by atomic mass is 32.2. The zero-order valence-corrected chi connectivity index (χ0v) is 21.8. The number of sulfone groups is 1. The number of nitrogens with zero attached hydrogens (tertiary/aromatic N) is 2. The average molecular weight is 511 g/mol. The molecule has 5 rings (SSSR count). The number of amides is 1. The molecule has 0 bridgehead atoms. The minimum Gasteiger partial charge on any atom is -0.340 e. The number of nitrogens with one attached hydrogen (secondary N) is 2. The summed E-state index contributed by atoms with van der Waals surface area (Å²) in [5.41, 5.74) is 3.29. The van der Waals surface area contributed by atoms with Gasteiger partial charge >= 0.3 is 0 Å². The molecule has 2 N–H and O–H groups in total. The fraction of sp³-hybridized carbons (Fsp3) is 0.207. The summed E-state index contributed by atoms with van der Waals surface area (Å²) in [7, 11) is -3.33. The van der Waals surface area contributed by atoms with E-state index in [1.165, 1.54) is 0 Å². The summed E-state index contributed by atoms with van der Waals surface area (Å²) in [4.78, 5) is 21.5. The molecule has 0 radical (unpaired) electrons. The lowest BCUT2D eigenvalue weighted by molar-refractivity contribution is -0.119. The molecular weight excluding hydrogens is 484 g/mol. The third-order valence-corrected chi connectivity index (χ3v) is 8.73. The highest BCUT2D eigenvalue weighted by Gasteiger charge is 2.38. The Morgan fingerprint density at radius 3 is 2.46 bits per heavy atom. The number of aromatic nitrogens is 2. The predicted octanol–water partition coefficient (Wildman–Crippen LogP) is 5.19. The van der Waals surface area contributed by atoms with Crippen molar-refractivity contribution in [3.05, 3.63) is 83.8 Å². The van der Waals surface area contributed by atoms with Gasteiger partial charge in [0.1, 0.15) is 11.5 Å². The highest BCUT2D eigenvalue weighted by molar-refractivity contribution is 7.92. The smallest absolute Gasteiger partial charge is 0.234 e. The van der Waals surface area contributed by atoms with Gasteiger partial charge in [-0.2, -0.15) is 0 Å². The topological polar surface area (TPSA) is 101 Å². The average Bonchev–Trinajstić information content (AvgIpc) is 3.10. The van der Waals surface area contributed by atoms with E-state index in [4.69, 9.17) is 0 Å². The standard InChI is InChI=1S/C29H26N4O3S/c1-18(2)37(35,36)22-9-7-21(8-10-22)32-27-16-23-20(17-31-27)13-14-30-25(23)12-6-19-5-11-24-26(15-19)33-28(34)29(24,3)4/h5,7-11,13-18H,1-4H3,(H,31,32)(H,33,34). The van der Waals surface area contributed by atoms with E-state index in [2.05, 4.69) is 32.4 Å². The van der Waals surface area contributed by atoms with Crippen molar-refractivity contribution < 1.29 is 13.2 Å². The second-order valence-corrected chi connectivity index (χ2v) is 12.3. The van der Waals surface area contributed by atoms with Gasteiger partial charge in [-0.05, 0) is 87.7 Å². The molecule has 2 aromatic carbocycles. The number of carbonyl (C=O) groups is 1. The van der Waals surface area contributed by atoms with Crippen molar-refractivity contribution in [2.24, 2.45) is 0 Å². The van der Waals surface area contributed by atoms with E-state index in [1.807, 2.05) is 44.2 Å². The molecule has 37 heavy (non-hydrogen) atoms. The van der Waals surface area contributed by atoms with Gasteiger partial charge in [0.25, 0.3) is 0 Å². The molecular formula is C29H26N4O3S. The third-order valence-electron chi connectivity index (χ3n) is 6.56. The molecule has 1 aliphatic rings. The molecule has 0 fully saturated rings. The van der Waals surface area contributed by atoms with Crippen LogP contribution >= 0.6 is 0 Å². The van der Waals surface area contributed by atoms with E-state index in [1.54, 1.807) is 50.5 Å². The van der Waals surface area contributed by atoms with Crippen LogP contribution in [0.5, 0.6) is 0 Å². The Kier molecular flexibility index (Phi) is 5.97. The van der Waals surface area contributed by atoms with E-state index in [0.29, 0.717) is 17.2 Å². The Morgan fingerprint density at radius 1 is 0.973 bits per heavy atom. The molecule has 0 saturated carbocycles. The largest absolute Gasteiger partial charge is 0.340 e. The molecule has 0 aliphatic carbocycles. The summed E-state index contributed by atoms with van der Waals surface area (Å²) < 4.78 is 24.8. The summed E-state index contributed by atoms with van der Waals surface area (Å²) >= 11 is 0. The fourth-order valence-corrected chi connectivity index (χ4v) is 5.24. The minimum absolute atomic E-state index is 0.0213. The Hall–Kier alpha value is -4.22. The molecule has 186 valence electrons. The van der Waals surface area contributed by atoms with Gasteiger partial charge < -0.3 is 10.6 Å². The number of hydrogen-bond donors (Lipinski definition) is 2. The molecule has 0 unspecified atom stereocenters. The van der Waals surface area contributed by atoms with Gasteiger partial charge in [-0.3, -0.25) is 4.79 Å². The number of benzene rings is 2. The summed E-state index contributed by atoms with van der Waals surface area (Å²) in [5, 5.41) is 7.40. The molecule has 1 amide bonds. The van der Waals surface area contributed by atoms with E-state index >= 15 is 0 Å². The van der Waals surface area contributed by atoms with Gasteiger partial charge in [0.15, 0.2) is 9.84 Å². The number of carbonyl (C=O) groups excluding carboxylic acids is 1. The zero-order chi connectivity index (χ0) is 26.4. The molecule has 0 atom stereocenters. The first-order valence-electron chi connectivity index (χ1n) is 11.9. The fourth-order valence-electron chi connectivity index (χ4n) is 4.18. The molecule has 0 saturated heterocycles. The van der Waals surface area contributed by atoms with Gasteiger partial charge in [0.05, 0.1) is 15.6 Å². The Labute approximate surface area is 216 Å². The highest BCUT2D eigenvalue weighted by Crippen LogP contribution is 2.37. The van der Waals surface area contributed by atoms with Crippen molar-refractivity contribution in [3.63, 3.8) is 0 Å². The van der Waals surface area contributed by atoms with Crippen LogP contribution in [-0.2, 0) is 20.0 Å². The number of fused-ring (bicyclic) bond motifs is 2. The molecule has 2 aromatic heterocycles. The lowest BCUT2D eigenvalue weighted by Gasteiger charge is -2.14. The summed E-state index contributed by atoms with van der Waals surface area (Å²) in [6.45, 7) is 7.14. The maximum absolute atomic E-state index is 12.4. The summed E-state index contributed by atoms with van der Waals surface area (Å²) in [6.07, 6.45) is 3.44. The van der Waals surface area contributed by atoms with Gasteiger partial charge in [0.2, 0.25) is 5.91 Å². The molecule has 3 heterocycles. The van der Waals surface area contributed by atoms with E-state index in [-0.39, 0.29) is 10.8 Å². The quantitative estimate of drug-likeness (QED) is 0.367. The van der Waals surface area contributed by atoms with Crippen LogP contribution in [0, 0.1) is 11.8 Å². The van der Waals surface area contributed by atoms with E-state index in [0.717, 1.165) is 27.6 Å². The zero-order valence-electron chi connectivity index (χ0n) is 21.0. The molecule has 1 aliphatic heterocycles. The first-order chi connectivity index (χ1) is 17.6. The number of anilines is 3. The van der Waals surface area contributed by atoms with Crippen LogP contribution in [0.1, 0.15) is 44.5 Å². The lowest BCUT2D eigenvalue weighted by Crippen LogP contribution is -2.26. The van der Waals surface area contributed by atoms with Crippen LogP contribution in [0.15, 0.2) is 71.9 Å². The predicted molar refractivity (Wildman–Crippen MR) is 146 cm³/mol. The van der Waals surface area contributed by atoms with Crippen LogP contribution in [0.2, 0.25) is 0 Å². The molecule has 4 aromatic rings. The third kappa shape index (κ3) is 4.54. The van der Waals surface area contributed by atoms with Gasteiger partial charge in [-0.1, -0.05) is 12.0 Å². The Balaban J connectivity index is 1.43. The van der Waals surface area contributed by atoms with Crippen LogP contribution in [-0.4, -0.2) is 29.5 Å². The van der Waals surface area contributed by atoms with E-state index < -0.39 is 20.5 Å².